The highest BCUT2D eigenvalue weighted by Gasteiger charge is 2.72. The standard InChI is InChI=1S/C27H33Cl2N3O5/c1-14-5-4-6-19(15(14)2)31-25(34)23-27-8-7-20(37-27)21(22(27)26(35)32(23)9-10-36-3)24(33)30-18-12-16(28)11-17(29)13-18/h7-8,11-15,19-23H,4-6,9-10H2,1-3H3,(H,30,33)(H,31,34)/t14-,15+,19-,20-,21-,22-,23+,27+/m1/s1. The van der Waals surface area contributed by atoms with Gasteiger partial charge in [0, 0.05) is 35.4 Å². The third kappa shape index (κ3) is 4.56. The van der Waals surface area contributed by atoms with Gasteiger partial charge in [0.1, 0.15) is 11.6 Å². The molecule has 8 atom stereocenters. The molecule has 3 aliphatic heterocycles. The maximum atomic E-state index is 13.9. The predicted molar refractivity (Wildman–Crippen MR) is 140 cm³/mol. The summed E-state index contributed by atoms with van der Waals surface area (Å²) in [6.07, 6.45) is 6.09. The first-order valence-corrected chi connectivity index (χ1v) is 13.7. The number of benzene rings is 1. The molecule has 37 heavy (non-hydrogen) atoms. The second kappa shape index (κ2) is 10.2. The smallest absolute Gasteiger partial charge is 0.246 e. The van der Waals surface area contributed by atoms with Gasteiger partial charge in [-0.2, -0.15) is 0 Å². The normalized spacial score (nSPS) is 36.1. The third-order valence-corrected chi connectivity index (χ3v) is 9.06. The first-order valence-electron chi connectivity index (χ1n) is 12.9. The van der Waals surface area contributed by atoms with Gasteiger partial charge in [0.2, 0.25) is 17.7 Å². The summed E-state index contributed by atoms with van der Waals surface area (Å²) in [5.74, 6) is -1.69. The zero-order valence-electron chi connectivity index (χ0n) is 21.2. The van der Waals surface area contributed by atoms with Gasteiger partial charge in [-0.15, -0.1) is 0 Å². The van der Waals surface area contributed by atoms with E-state index in [0.29, 0.717) is 27.6 Å². The minimum Gasteiger partial charge on any atom is -0.383 e. The molecular weight excluding hydrogens is 517 g/mol. The van der Waals surface area contributed by atoms with Crippen LogP contribution in [0.5, 0.6) is 0 Å². The molecular formula is C27H33Cl2N3O5. The summed E-state index contributed by atoms with van der Waals surface area (Å²) < 4.78 is 11.6. The van der Waals surface area contributed by atoms with E-state index in [1.165, 1.54) is 4.90 Å². The minimum atomic E-state index is -1.21. The van der Waals surface area contributed by atoms with Crippen molar-refractivity contribution in [2.75, 3.05) is 25.6 Å². The second-order valence-electron chi connectivity index (χ2n) is 10.8. The molecule has 5 rings (SSSR count). The van der Waals surface area contributed by atoms with Gasteiger partial charge in [-0.1, -0.05) is 62.0 Å². The number of fused-ring (bicyclic) bond motifs is 1. The molecule has 2 saturated heterocycles. The van der Waals surface area contributed by atoms with E-state index in [0.717, 1.165) is 19.3 Å². The molecule has 3 heterocycles. The lowest BCUT2D eigenvalue weighted by Gasteiger charge is -2.38. The Labute approximate surface area is 227 Å². The molecule has 3 fully saturated rings. The summed E-state index contributed by atoms with van der Waals surface area (Å²) in [5, 5.41) is 6.84. The van der Waals surface area contributed by atoms with Crippen LogP contribution in [0.3, 0.4) is 0 Å². The number of rotatable bonds is 7. The van der Waals surface area contributed by atoms with Crippen molar-refractivity contribution in [3.8, 4) is 0 Å². The Morgan fingerprint density at radius 2 is 1.89 bits per heavy atom. The molecule has 1 aromatic rings. The molecule has 10 heteroatoms. The monoisotopic (exact) mass is 549 g/mol. The molecule has 3 amide bonds. The van der Waals surface area contributed by atoms with E-state index in [1.54, 1.807) is 31.4 Å². The van der Waals surface area contributed by atoms with E-state index in [2.05, 4.69) is 24.5 Å². The maximum absolute atomic E-state index is 13.9. The molecule has 2 bridgehead atoms. The minimum absolute atomic E-state index is 0.0281. The van der Waals surface area contributed by atoms with Crippen LogP contribution in [0.4, 0.5) is 5.69 Å². The van der Waals surface area contributed by atoms with E-state index < -0.39 is 29.6 Å². The molecule has 200 valence electrons. The SMILES string of the molecule is COCCN1C(=O)[C@H]2[C@H](C(=O)Nc3cc(Cl)cc(Cl)c3)[C@H]3C=C[C@@]2(O3)[C@@H]1C(=O)N[C@@H]1CCC[C@@H](C)[C@@H]1C. The van der Waals surface area contributed by atoms with E-state index in [9.17, 15) is 14.4 Å². The number of hydrogen-bond donors (Lipinski definition) is 2. The van der Waals surface area contributed by atoms with Crippen molar-refractivity contribution in [2.45, 2.75) is 56.9 Å². The average Bonchev–Trinajstić information content (AvgIpc) is 3.47. The predicted octanol–water partition coefficient (Wildman–Crippen LogP) is 3.67. The van der Waals surface area contributed by atoms with Gasteiger partial charge in [-0.3, -0.25) is 14.4 Å². The van der Waals surface area contributed by atoms with Gasteiger partial charge in [0.05, 0.1) is 24.5 Å². The Hall–Kier alpha value is -2.13. The molecule has 0 unspecified atom stereocenters. The number of halogens is 2. The average molecular weight is 550 g/mol. The molecule has 4 aliphatic rings. The fourth-order valence-electron chi connectivity index (χ4n) is 6.60. The van der Waals surface area contributed by atoms with Crippen molar-refractivity contribution >= 4 is 46.6 Å². The Morgan fingerprint density at radius 1 is 1.16 bits per heavy atom. The number of carbonyl (C=O) groups is 3. The summed E-state index contributed by atoms with van der Waals surface area (Å²) in [6, 6.07) is 3.90. The van der Waals surface area contributed by atoms with E-state index in [4.69, 9.17) is 32.7 Å². The molecule has 2 N–H and O–H groups in total. The number of carbonyl (C=O) groups excluding carboxylic acids is 3. The number of amides is 3. The van der Waals surface area contributed by atoms with Crippen molar-refractivity contribution < 1.29 is 23.9 Å². The number of ether oxygens (including phenoxy) is 2. The van der Waals surface area contributed by atoms with E-state index in [1.807, 2.05) is 6.08 Å². The third-order valence-electron chi connectivity index (χ3n) is 8.63. The summed E-state index contributed by atoms with van der Waals surface area (Å²) in [5.41, 5.74) is -0.781. The van der Waals surface area contributed by atoms with Crippen LogP contribution in [0.15, 0.2) is 30.4 Å². The van der Waals surface area contributed by atoms with Crippen LogP contribution in [0.1, 0.15) is 33.1 Å². The molecule has 0 radical (unpaired) electrons. The van der Waals surface area contributed by atoms with Crippen molar-refractivity contribution in [3.05, 3.63) is 40.4 Å². The summed E-state index contributed by atoms with van der Waals surface area (Å²) in [6.45, 7) is 4.86. The summed E-state index contributed by atoms with van der Waals surface area (Å²) in [7, 11) is 1.55. The highest BCUT2D eigenvalue weighted by Crippen LogP contribution is 2.55. The highest BCUT2D eigenvalue weighted by molar-refractivity contribution is 6.35. The van der Waals surface area contributed by atoms with Crippen LogP contribution in [0, 0.1) is 23.7 Å². The molecule has 1 saturated carbocycles. The largest absolute Gasteiger partial charge is 0.383 e. The second-order valence-corrected chi connectivity index (χ2v) is 11.6. The van der Waals surface area contributed by atoms with Crippen LogP contribution in [-0.2, 0) is 23.9 Å². The zero-order valence-corrected chi connectivity index (χ0v) is 22.7. The van der Waals surface area contributed by atoms with Gasteiger partial charge in [-0.25, -0.2) is 0 Å². The quantitative estimate of drug-likeness (QED) is 0.506. The van der Waals surface area contributed by atoms with E-state index in [-0.39, 0.29) is 36.9 Å². The van der Waals surface area contributed by atoms with Crippen LogP contribution >= 0.6 is 23.2 Å². The molecule has 1 aromatic carbocycles. The summed E-state index contributed by atoms with van der Waals surface area (Å²) >= 11 is 12.2. The Kier molecular flexibility index (Phi) is 7.31. The topological polar surface area (TPSA) is 97.0 Å². The van der Waals surface area contributed by atoms with Gasteiger partial charge >= 0.3 is 0 Å². The number of anilines is 1. The summed E-state index contributed by atoms with van der Waals surface area (Å²) in [4.78, 5) is 42.7. The van der Waals surface area contributed by atoms with Gasteiger partial charge in [-0.05, 0) is 36.5 Å². The number of likely N-dealkylation sites (tertiary alicyclic amines) is 1. The van der Waals surface area contributed by atoms with Crippen molar-refractivity contribution in [3.63, 3.8) is 0 Å². The van der Waals surface area contributed by atoms with Crippen LogP contribution < -0.4 is 10.6 Å². The number of methoxy groups -OCH3 is 1. The van der Waals surface area contributed by atoms with Gasteiger partial charge < -0.3 is 25.0 Å². The number of nitrogens with one attached hydrogen (secondary N) is 2. The van der Waals surface area contributed by atoms with Crippen molar-refractivity contribution in [2.24, 2.45) is 23.7 Å². The Balaban J connectivity index is 1.43. The molecule has 1 spiro atoms. The lowest BCUT2D eigenvalue weighted by molar-refractivity contribution is -0.142. The van der Waals surface area contributed by atoms with Gasteiger partial charge in [0.25, 0.3) is 0 Å². The Bertz CT molecular complexity index is 1110. The highest BCUT2D eigenvalue weighted by atomic mass is 35.5. The van der Waals surface area contributed by atoms with Crippen LogP contribution in [0.25, 0.3) is 0 Å². The molecule has 0 aromatic heterocycles. The fourth-order valence-corrected chi connectivity index (χ4v) is 7.12. The van der Waals surface area contributed by atoms with Crippen LogP contribution in [0.2, 0.25) is 10.0 Å². The lowest BCUT2D eigenvalue weighted by Crippen LogP contribution is -2.58. The van der Waals surface area contributed by atoms with Gasteiger partial charge in [0.15, 0.2) is 0 Å². The van der Waals surface area contributed by atoms with Crippen molar-refractivity contribution in [1.82, 2.24) is 10.2 Å². The molecule has 1 aliphatic carbocycles. The number of hydrogen-bond acceptors (Lipinski definition) is 5. The first-order chi connectivity index (χ1) is 17.7. The van der Waals surface area contributed by atoms with E-state index >= 15 is 0 Å². The number of nitrogens with zero attached hydrogens (tertiary/aromatic N) is 1. The maximum Gasteiger partial charge on any atom is 0.246 e. The molecule has 8 nitrogen and oxygen atoms in total. The van der Waals surface area contributed by atoms with Crippen LogP contribution in [-0.4, -0.2) is 66.7 Å². The first kappa shape index (κ1) is 26.5. The fraction of sp³-hybridized carbons (Fsp3) is 0.593. The lowest BCUT2D eigenvalue weighted by atomic mass is 9.73. The van der Waals surface area contributed by atoms with Crippen molar-refractivity contribution in [1.29, 1.82) is 0 Å². The zero-order chi connectivity index (χ0) is 26.5. The Morgan fingerprint density at radius 3 is 2.59 bits per heavy atom.